The molecule has 20 heavy (non-hydrogen) atoms. The van der Waals surface area contributed by atoms with Crippen molar-refractivity contribution in [2.24, 2.45) is 5.11 Å². The third kappa shape index (κ3) is 3.04. The number of carbonyl (C=O) groups is 1. The Hall–Kier alpha value is -2.60. The van der Waals surface area contributed by atoms with Crippen molar-refractivity contribution in [2.45, 2.75) is 31.3 Å². The summed E-state index contributed by atoms with van der Waals surface area (Å²) in [4.78, 5) is 24.8. The fourth-order valence-electron chi connectivity index (χ4n) is 2.30. The number of nitro groups is 1. The van der Waals surface area contributed by atoms with Gasteiger partial charge < -0.3 is 5.32 Å². The first-order chi connectivity index (χ1) is 9.61. The molecule has 0 aliphatic heterocycles. The van der Waals surface area contributed by atoms with Gasteiger partial charge in [-0.2, -0.15) is 0 Å². The quantitative estimate of drug-likeness (QED) is 0.298. The lowest BCUT2D eigenvalue weighted by Gasteiger charge is -2.16. The van der Waals surface area contributed by atoms with E-state index in [0.717, 1.165) is 19.3 Å². The molecular formula is C12H13N5O3. The van der Waals surface area contributed by atoms with Crippen LogP contribution in [0.25, 0.3) is 10.4 Å². The van der Waals surface area contributed by atoms with Crippen LogP contribution in [-0.4, -0.2) is 22.9 Å². The smallest absolute Gasteiger partial charge is 0.269 e. The Bertz CT molecular complexity index is 565. The van der Waals surface area contributed by atoms with Gasteiger partial charge in [-0.05, 0) is 30.5 Å². The van der Waals surface area contributed by atoms with Crippen LogP contribution in [0.5, 0.6) is 0 Å². The van der Waals surface area contributed by atoms with E-state index in [1.54, 1.807) is 0 Å². The Morgan fingerprint density at radius 2 is 2.10 bits per heavy atom. The number of amides is 1. The number of benzene rings is 1. The summed E-state index contributed by atoms with van der Waals surface area (Å²) in [5.74, 6) is -0.315. The van der Waals surface area contributed by atoms with Crippen molar-refractivity contribution in [1.82, 2.24) is 5.32 Å². The molecule has 1 aliphatic carbocycles. The Morgan fingerprint density at radius 1 is 1.40 bits per heavy atom. The van der Waals surface area contributed by atoms with E-state index < -0.39 is 4.92 Å². The number of non-ortho nitro benzene ring substituents is 1. The number of hydrogen-bond acceptors (Lipinski definition) is 4. The monoisotopic (exact) mass is 275 g/mol. The molecule has 2 rings (SSSR count). The molecule has 1 saturated carbocycles. The van der Waals surface area contributed by atoms with Crippen molar-refractivity contribution in [3.8, 4) is 0 Å². The summed E-state index contributed by atoms with van der Waals surface area (Å²) in [5, 5.41) is 17.0. The Labute approximate surface area is 114 Å². The van der Waals surface area contributed by atoms with Gasteiger partial charge >= 0.3 is 0 Å². The van der Waals surface area contributed by atoms with Crippen molar-refractivity contribution < 1.29 is 9.72 Å². The predicted molar refractivity (Wildman–Crippen MR) is 71.1 cm³/mol. The number of azide groups is 1. The van der Waals surface area contributed by atoms with E-state index in [1.807, 2.05) is 0 Å². The summed E-state index contributed by atoms with van der Waals surface area (Å²) >= 11 is 0. The minimum absolute atomic E-state index is 0.0608. The molecule has 1 aliphatic rings. The molecule has 1 amide bonds. The highest BCUT2D eigenvalue weighted by Gasteiger charge is 2.27. The first-order valence-corrected chi connectivity index (χ1v) is 6.21. The molecule has 1 fully saturated rings. The third-order valence-corrected chi connectivity index (χ3v) is 3.34. The average Bonchev–Trinajstić information content (AvgIpc) is 2.86. The van der Waals surface area contributed by atoms with Gasteiger partial charge in [0, 0.05) is 28.6 Å². The van der Waals surface area contributed by atoms with Crippen molar-refractivity contribution in [2.75, 3.05) is 0 Å². The lowest BCUT2D eigenvalue weighted by atomic mass is 10.1. The summed E-state index contributed by atoms with van der Waals surface area (Å²) in [7, 11) is 0. The van der Waals surface area contributed by atoms with E-state index in [4.69, 9.17) is 5.53 Å². The van der Waals surface area contributed by atoms with Gasteiger partial charge in [0.05, 0.1) is 11.0 Å². The van der Waals surface area contributed by atoms with Crippen LogP contribution in [0.3, 0.4) is 0 Å². The number of nitrogens with one attached hydrogen (secondary N) is 1. The van der Waals surface area contributed by atoms with Crippen molar-refractivity contribution in [1.29, 1.82) is 0 Å². The van der Waals surface area contributed by atoms with E-state index in [2.05, 4.69) is 15.3 Å². The number of rotatable bonds is 4. The largest absolute Gasteiger partial charge is 0.349 e. The molecule has 0 heterocycles. The number of carbonyl (C=O) groups excluding carboxylic acids is 1. The van der Waals surface area contributed by atoms with Crippen LogP contribution in [0.1, 0.15) is 29.6 Å². The average molecular weight is 275 g/mol. The zero-order valence-corrected chi connectivity index (χ0v) is 10.6. The van der Waals surface area contributed by atoms with Gasteiger partial charge in [0.15, 0.2) is 0 Å². The summed E-state index contributed by atoms with van der Waals surface area (Å²) in [6.45, 7) is 0. The Morgan fingerprint density at radius 3 is 2.70 bits per heavy atom. The van der Waals surface area contributed by atoms with E-state index in [-0.39, 0.29) is 23.7 Å². The third-order valence-electron chi connectivity index (χ3n) is 3.34. The van der Waals surface area contributed by atoms with Gasteiger partial charge in [-0.3, -0.25) is 14.9 Å². The van der Waals surface area contributed by atoms with Gasteiger partial charge in [0.2, 0.25) is 0 Å². The molecular weight excluding hydrogens is 262 g/mol. The highest BCUT2D eigenvalue weighted by molar-refractivity contribution is 5.94. The van der Waals surface area contributed by atoms with Crippen LogP contribution in [-0.2, 0) is 0 Å². The van der Waals surface area contributed by atoms with Gasteiger partial charge in [-0.1, -0.05) is 11.5 Å². The molecule has 8 heteroatoms. The zero-order chi connectivity index (χ0) is 14.5. The second-order valence-corrected chi connectivity index (χ2v) is 4.59. The Balaban J connectivity index is 2.04. The molecule has 0 radical (unpaired) electrons. The molecule has 1 aromatic carbocycles. The molecule has 0 spiro atoms. The topological polar surface area (TPSA) is 121 Å². The minimum Gasteiger partial charge on any atom is -0.349 e. The lowest BCUT2D eigenvalue weighted by molar-refractivity contribution is -0.384. The van der Waals surface area contributed by atoms with Crippen molar-refractivity contribution >= 4 is 11.6 Å². The van der Waals surface area contributed by atoms with Crippen LogP contribution in [0, 0.1) is 10.1 Å². The molecule has 104 valence electrons. The zero-order valence-electron chi connectivity index (χ0n) is 10.6. The molecule has 1 N–H and O–H groups in total. The summed E-state index contributed by atoms with van der Waals surface area (Å²) in [5.41, 5.74) is 8.75. The minimum atomic E-state index is -0.518. The molecule has 1 aromatic rings. The van der Waals surface area contributed by atoms with Gasteiger partial charge in [-0.15, -0.1) is 0 Å². The first kappa shape index (κ1) is 13.8. The summed E-state index contributed by atoms with van der Waals surface area (Å²) in [6.07, 6.45) is 2.42. The van der Waals surface area contributed by atoms with Crippen molar-refractivity contribution in [3.05, 3.63) is 50.4 Å². The maximum Gasteiger partial charge on any atom is 0.269 e. The van der Waals surface area contributed by atoms with Gasteiger partial charge in [0.25, 0.3) is 11.6 Å². The highest BCUT2D eigenvalue weighted by atomic mass is 16.6. The molecule has 0 bridgehead atoms. The number of nitro benzene ring substituents is 1. The highest BCUT2D eigenvalue weighted by Crippen LogP contribution is 2.23. The number of nitrogens with zero attached hydrogens (tertiary/aromatic N) is 4. The van der Waals surface area contributed by atoms with Crippen LogP contribution >= 0.6 is 0 Å². The maximum atomic E-state index is 12.0. The summed E-state index contributed by atoms with van der Waals surface area (Å²) < 4.78 is 0. The standard InChI is InChI=1S/C12H13N5O3/c13-16-15-11-3-1-2-10(11)14-12(18)8-4-6-9(7-5-8)17(19)20/h4-7,10-11H,1-3H2,(H,14,18)/t10-,11-/m1/s1. The molecule has 0 unspecified atom stereocenters. The Kier molecular flexibility index (Phi) is 4.17. The molecule has 0 saturated heterocycles. The second-order valence-electron chi connectivity index (χ2n) is 4.59. The molecule has 0 aromatic heterocycles. The second kappa shape index (κ2) is 6.03. The van der Waals surface area contributed by atoms with E-state index in [1.165, 1.54) is 24.3 Å². The predicted octanol–water partition coefficient (Wildman–Crippen LogP) is 2.56. The fourth-order valence-corrected chi connectivity index (χ4v) is 2.30. The molecule has 2 atom stereocenters. The van der Waals surface area contributed by atoms with E-state index in [9.17, 15) is 14.9 Å². The molecule has 8 nitrogen and oxygen atoms in total. The van der Waals surface area contributed by atoms with Crippen molar-refractivity contribution in [3.63, 3.8) is 0 Å². The van der Waals surface area contributed by atoms with Crippen LogP contribution in [0.4, 0.5) is 5.69 Å². The van der Waals surface area contributed by atoms with E-state index >= 15 is 0 Å². The van der Waals surface area contributed by atoms with Crippen LogP contribution < -0.4 is 5.32 Å². The van der Waals surface area contributed by atoms with E-state index in [0.29, 0.717) is 5.56 Å². The first-order valence-electron chi connectivity index (χ1n) is 6.21. The van der Waals surface area contributed by atoms with Crippen LogP contribution in [0.2, 0.25) is 0 Å². The van der Waals surface area contributed by atoms with Crippen LogP contribution in [0.15, 0.2) is 29.4 Å². The SMILES string of the molecule is [N-]=[N+]=N[C@@H]1CCC[C@H]1NC(=O)c1ccc([N+](=O)[O-])cc1. The normalized spacial score (nSPS) is 21.0. The maximum absolute atomic E-state index is 12.0. The number of hydrogen-bond donors (Lipinski definition) is 1. The fraction of sp³-hybridized carbons (Fsp3) is 0.417. The lowest BCUT2D eigenvalue weighted by Crippen LogP contribution is -2.39. The van der Waals surface area contributed by atoms with Gasteiger partial charge in [0.1, 0.15) is 0 Å². The summed E-state index contributed by atoms with van der Waals surface area (Å²) in [6, 6.07) is 4.99. The van der Waals surface area contributed by atoms with Gasteiger partial charge in [-0.25, -0.2) is 0 Å².